The van der Waals surface area contributed by atoms with Gasteiger partial charge in [0.2, 0.25) is 5.13 Å². The van der Waals surface area contributed by atoms with Crippen LogP contribution < -0.4 is 10.0 Å². The lowest BCUT2D eigenvalue weighted by atomic mass is 10.2. The van der Waals surface area contributed by atoms with Crippen molar-refractivity contribution in [2.75, 3.05) is 10.0 Å². The van der Waals surface area contributed by atoms with Gasteiger partial charge in [0, 0.05) is 10.0 Å². The van der Waals surface area contributed by atoms with E-state index in [1.807, 2.05) is 0 Å². The van der Waals surface area contributed by atoms with Gasteiger partial charge in [-0.3, -0.25) is 14.8 Å². The zero-order chi connectivity index (χ0) is 20.5. The molecule has 0 unspecified atom stereocenters. The third-order valence-corrected chi connectivity index (χ3v) is 7.00. The van der Waals surface area contributed by atoms with Crippen LogP contribution in [0.2, 0.25) is 15.1 Å². The van der Waals surface area contributed by atoms with Crippen molar-refractivity contribution in [3.05, 3.63) is 62.6 Å². The van der Waals surface area contributed by atoms with Crippen LogP contribution in [-0.2, 0) is 10.0 Å². The SMILES string of the molecule is Cc1ccc(NS(=O)(=O)c2nnc(NC(=O)c3ccc(Cl)cc3Cl)s2)cc1Cl. The molecule has 3 rings (SSSR count). The second-order valence-electron chi connectivity index (χ2n) is 5.52. The molecule has 2 aromatic carbocycles. The van der Waals surface area contributed by atoms with E-state index in [9.17, 15) is 13.2 Å². The molecule has 0 aliphatic carbocycles. The second-order valence-corrected chi connectivity index (χ2v) is 9.61. The fraction of sp³-hybridized carbons (Fsp3) is 0.0625. The van der Waals surface area contributed by atoms with E-state index in [2.05, 4.69) is 20.2 Å². The summed E-state index contributed by atoms with van der Waals surface area (Å²) >= 11 is 18.5. The number of carbonyl (C=O) groups is 1. The van der Waals surface area contributed by atoms with Crippen LogP contribution in [0.25, 0.3) is 0 Å². The Hall–Kier alpha value is -1.91. The molecule has 0 radical (unpaired) electrons. The molecule has 2 N–H and O–H groups in total. The average Bonchev–Trinajstić information content (AvgIpc) is 3.07. The lowest BCUT2D eigenvalue weighted by Crippen LogP contribution is -2.12. The predicted molar refractivity (Wildman–Crippen MR) is 111 cm³/mol. The molecule has 146 valence electrons. The Balaban J connectivity index is 1.77. The predicted octanol–water partition coefficient (Wildman–Crippen LogP) is 4.86. The molecule has 1 amide bonds. The van der Waals surface area contributed by atoms with Gasteiger partial charge in [-0.25, -0.2) is 0 Å². The van der Waals surface area contributed by atoms with E-state index >= 15 is 0 Å². The lowest BCUT2D eigenvalue weighted by Gasteiger charge is -2.06. The number of carbonyl (C=O) groups excluding carboxylic acids is 1. The molecule has 1 heterocycles. The van der Waals surface area contributed by atoms with Crippen LogP contribution in [0.1, 0.15) is 15.9 Å². The number of amides is 1. The summed E-state index contributed by atoms with van der Waals surface area (Å²) in [4.78, 5) is 12.3. The van der Waals surface area contributed by atoms with Gasteiger partial charge in [-0.15, -0.1) is 10.2 Å². The highest BCUT2D eigenvalue weighted by Crippen LogP contribution is 2.26. The largest absolute Gasteiger partial charge is 0.296 e. The van der Waals surface area contributed by atoms with Crippen LogP contribution in [0.5, 0.6) is 0 Å². The number of sulfonamides is 1. The molecule has 12 heteroatoms. The van der Waals surface area contributed by atoms with Gasteiger partial charge in [0.15, 0.2) is 0 Å². The summed E-state index contributed by atoms with van der Waals surface area (Å²) in [5, 5.41) is 10.7. The maximum absolute atomic E-state index is 12.5. The third-order valence-electron chi connectivity index (χ3n) is 3.46. The summed E-state index contributed by atoms with van der Waals surface area (Å²) in [6.45, 7) is 1.80. The van der Waals surface area contributed by atoms with E-state index in [4.69, 9.17) is 34.8 Å². The Bertz CT molecular complexity index is 1170. The number of benzene rings is 2. The number of aromatic nitrogens is 2. The van der Waals surface area contributed by atoms with Crippen LogP contribution in [0.3, 0.4) is 0 Å². The van der Waals surface area contributed by atoms with Crippen LogP contribution in [-0.4, -0.2) is 24.5 Å². The molecule has 0 bridgehead atoms. The molecule has 0 aliphatic heterocycles. The van der Waals surface area contributed by atoms with Gasteiger partial charge in [-0.2, -0.15) is 8.42 Å². The van der Waals surface area contributed by atoms with Crippen molar-refractivity contribution in [2.24, 2.45) is 0 Å². The monoisotopic (exact) mass is 476 g/mol. The van der Waals surface area contributed by atoms with Crippen molar-refractivity contribution in [3.8, 4) is 0 Å². The van der Waals surface area contributed by atoms with Gasteiger partial charge >= 0.3 is 0 Å². The minimum atomic E-state index is -3.99. The Morgan fingerprint density at radius 2 is 1.79 bits per heavy atom. The van der Waals surface area contributed by atoms with Gasteiger partial charge in [-0.05, 0) is 42.8 Å². The fourth-order valence-electron chi connectivity index (χ4n) is 2.06. The highest BCUT2D eigenvalue weighted by atomic mass is 35.5. The molecule has 1 aromatic heterocycles. The summed E-state index contributed by atoms with van der Waals surface area (Å²) in [7, 11) is -3.99. The van der Waals surface area contributed by atoms with Crippen molar-refractivity contribution in [2.45, 2.75) is 11.3 Å². The number of anilines is 2. The van der Waals surface area contributed by atoms with Crippen molar-refractivity contribution < 1.29 is 13.2 Å². The molecular formula is C16H11Cl3N4O3S2. The third kappa shape index (κ3) is 4.73. The van der Waals surface area contributed by atoms with E-state index in [1.165, 1.54) is 24.3 Å². The van der Waals surface area contributed by atoms with Gasteiger partial charge in [-0.1, -0.05) is 52.2 Å². The summed E-state index contributed by atoms with van der Waals surface area (Å²) in [6, 6.07) is 9.12. The van der Waals surface area contributed by atoms with Gasteiger partial charge in [0.1, 0.15) is 0 Å². The zero-order valence-corrected chi connectivity index (χ0v) is 17.9. The molecule has 0 saturated heterocycles. The Morgan fingerprint density at radius 3 is 2.46 bits per heavy atom. The first-order valence-electron chi connectivity index (χ1n) is 7.54. The standard InChI is InChI=1S/C16H11Cl3N4O3S2/c1-8-2-4-10(7-12(8)18)23-28(25,26)16-22-21-15(27-16)20-14(24)11-5-3-9(17)6-13(11)19/h2-7,23H,1H3,(H,20,21,24). The zero-order valence-electron chi connectivity index (χ0n) is 14.0. The topological polar surface area (TPSA) is 101 Å². The van der Waals surface area contributed by atoms with Crippen molar-refractivity contribution in [3.63, 3.8) is 0 Å². The summed E-state index contributed by atoms with van der Waals surface area (Å²) in [6.07, 6.45) is 0. The molecule has 0 aliphatic rings. The van der Waals surface area contributed by atoms with Crippen LogP contribution in [0.4, 0.5) is 10.8 Å². The lowest BCUT2D eigenvalue weighted by molar-refractivity contribution is 0.102. The van der Waals surface area contributed by atoms with E-state index in [0.717, 1.165) is 5.56 Å². The van der Waals surface area contributed by atoms with Gasteiger partial charge in [0.05, 0.1) is 16.3 Å². The Labute approximate surface area is 179 Å². The van der Waals surface area contributed by atoms with Crippen LogP contribution in [0, 0.1) is 6.92 Å². The van der Waals surface area contributed by atoms with Crippen LogP contribution >= 0.6 is 46.1 Å². The molecular weight excluding hydrogens is 467 g/mol. The molecule has 0 atom stereocenters. The van der Waals surface area contributed by atoms with Crippen LogP contribution in [0.15, 0.2) is 40.7 Å². The summed E-state index contributed by atoms with van der Waals surface area (Å²) in [5.41, 5.74) is 1.26. The highest BCUT2D eigenvalue weighted by Gasteiger charge is 2.22. The quantitative estimate of drug-likeness (QED) is 0.511. The number of rotatable bonds is 5. The number of aryl methyl sites for hydroxylation is 1. The highest BCUT2D eigenvalue weighted by molar-refractivity contribution is 7.94. The van der Waals surface area contributed by atoms with Crippen molar-refractivity contribution in [1.29, 1.82) is 0 Å². The Kier molecular flexibility index (Phi) is 6.11. The maximum Gasteiger partial charge on any atom is 0.291 e. The second kappa shape index (κ2) is 8.22. The minimum Gasteiger partial charge on any atom is -0.296 e. The van der Waals surface area contributed by atoms with E-state index < -0.39 is 15.9 Å². The number of halogens is 3. The maximum atomic E-state index is 12.5. The normalized spacial score (nSPS) is 11.3. The molecule has 0 spiro atoms. The van der Waals surface area contributed by atoms with Crippen molar-refractivity contribution >= 4 is 72.9 Å². The van der Waals surface area contributed by atoms with E-state index in [-0.39, 0.29) is 25.7 Å². The van der Waals surface area contributed by atoms with E-state index in [1.54, 1.807) is 19.1 Å². The van der Waals surface area contributed by atoms with Crippen molar-refractivity contribution in [1.82, 2.24) is 10.2 Å². The summed E-state index contributed by atoms with van der Waals surface area (Å²) < 4.78 is 27.0. The van der Waals surface area contributed by atoms with E-state index in [0.29, 0.717) is 21.4 Å². The molecule has 0 fully saturated rings. The molecule has 3 aromatic rings. The number of hydrogen-bond donors (Lipinski definition) is 2. The molecule has 0 saturated carbocycles. The average molecular weight is 478 g/mol. The smallest absolute Gasteiger partial charge is 0.291 e. The van der Waals surface area contributed by atoms with Gasteiger partial charge < -0.3 is 0 Å². The molecule has 7 nitrogen and oxygen atoms in total. The number of hydrogen-bond acceptors (Lipinski definition) is 6. The molecule has 28 heavy (non-hydrogen) atoms. The number of nitrogens with zero attached hydrogens (tertiary/aromatic N) is 2. The summed E-state index contributed by atoms with van der Waals surface area (Å²) in [5.74, 6) is -0.569. The first-order valence-corrected chi connectivity index (χ1v) is 11.0. The fourth-order valence-corrected chi connectivity index (χ4v) is 4.68. The number of nitrogens with one attached hydrogen (secondary N) is 2. The Morgan fingerprint density at radius 1 is 1.04 bits per heavy atom. The first-order chi connectivity index (χ1) is 13.2. The minimum absolute atomic E-state index is 0.00155. The first kappa shape index (κ1) is 20.8. The van der Waals surface area contributed by atoms with Gasteiger partial charge in [0.25, 0.3) is 20.3 Å².